The number of allylic oxidation sites excluding steroid dienone is 1. The molecule has 0 aromatic carbocycles. The van der Waals surface area contributed by atoms with E-state index >= 15 is 0 Å². The standard InChI is InChI=1S/C5H12P2/c1-5(2)3-4-7-6/h7H,1,3-4,6H2,2H3. The molecule has 0 aromatic heterocycles. The van der Waals surface area contributed by atoms with Gasteiger partial charge in [-0.1, -0.05) is 5.57 Å². The van der Waals surface area contributed by atoms with Crippen LogP contribution in [0, 0.1) is 0 Å². The Balaban J connectivity index is 2.82. The summed E-state index contributed by atoms with van der Waals surface area (Å²) in [7, 11) is 3.74. The normalized spacial score (nSPS) is 10.6. The van der Waals surface area contributed by atoms with E-state index in [1.807, 2.05) is 0 Å². The van der Waals surface area contributed by atoms with E-state index in [4.69, 9.17) is 0 Å². The van der Waals surface area contributed by atoms with Crippen molar-refractivity contribution >= 4 is 17.2 Å². The molecular weight excluding hydrogens is 122 g/mol. The Morgan fingerprint density at radius 2 is 2.43 bits per heavy atom. The lowest BCUT2D eigenvalue weighted by Gasteiger charge is -1.92. The van der Waals surface area contributed by atoms with E-state index in [1.165, 1.54) is 18.2 Å². The van der Waals surface area contributed by atoms with E-state index in [9.17, 15) is 0 Å². The lowest BCUT2D eigenvalue weighted by atomic mass is 10.3. The van der Waals surface area contributed by atoms with Crippen LogP contribution in [-0.4, -0.2) is 6.16 Å². The first-order valence-electron chi connectivity index (χ1n) is 2.35. The predicted octanol–water partition coefficient (Wildman–Crippen LogP) is 2.42. The third kappa shape index (κ3) is 6.60. The Morgan fingerprint density at radius 3 is 2.57 bits per heavy atom. The van der Waals surface area contributed by atoms with Crippen molar-refractivity contribution in [3.05, 3.63) is 12.2 Å². The molecule has 0 aliphatic heterocycles. The molecule has 0 aliphatic rings. The number of hydrogen-bond acceptors (Lipinski definition) is 0. The summed E-state index contributed by atoms with van der Waals surface area (Å²) < 4.78 is 0. The molecule has 0 saturated carbocycles. The summed E-state index contributed by atoms with van der Waals surface area (Å²) in [5.41, 5.74) is 1.30. The average Bonchev–Trinajstić information content (AvgIpc) is 1.61. The summed E-state index contributed by atoms with van der Waals surface area (Å²) >= 11 is 0. The smallest absolute Gasteiger partial charge is 0.0282 e. The Bertz CT molecular complexity index is 59.1. The highest BCUT2D eigenvalue weighted by Gasteiger charge is 1.81. The summed E-state index contributed by atoms with van der Waals surface area (Å²) in [5.74, 6) is 0. The minimum Gasteiger partial charge on any atom is -0.114 e. The Morgan fingerprint density at radius 1 is 1.86 bits per heavy atom. The van der Waals surface area contributed by atoms with E-state index in [1.54, 1.807) is 0 Å². The molecule has 0 nitrogen and oxygen atoms in total. The van der Waals surface area contributed by atoms with Crippen LogP contribution in [0.5, 0.6) is 0 Å². The van der Waals surface area contributed by atoms with Crippen molar-refractivity contribution in [3.8, 4) is 0 Å². The molecule has 42 valence electrons. The van der Waals surface area contributed by atoms with Gasteiger partial charge in [-0.05, 0) is 19.5 Å². The van der Waals surface area contributed by atoms with Crippen molar-refractivity contribution in [2.75, 3.05) is 6.16 Å². The molecule has 0 fully saturated rings. The molecule has 0 aliphatic carbocycles. The lowest BCUT2D eigenvalue weighted by Crippen LogP contribution is -1.72. The van der Waals surface area contributed by atoms with Gasteiger partial charge < -0.3 is 0 Å². The molecule has 0 aromatic rings. The number of rotatable bonds is 3. The van der Waals surface area contributed by atoms with Gasteiger partial charge >= 0.3 is 0 Å². The third-order valence-corrected chi connectivity index (χ3v) is 2.10. The minimum atomic E-state index is 1.01. The third-order valence-electron chi connectivity index (χ3n) is 0.696. The summed E-state index contributed by atoms with van der Waals surface area (Å²) in [6.07, 6.45) is 2.49. The van der Waals surface area contributed by atoms with E-state index < -0.39 is 0 Å². The zero-order valence-electron chi connectivity index (χ0n) is 4.70. The van der Waals surface area contributed by atoms with E-state index in [0.29, 0.717) is 0 Å². The topological polar surface area (TPSA) is 0 Å². The zero-order valence-corrected chi connectivity index (χ0v) is 6.85. The highest BCUT2D eigenvalue weighted by molar-refractivity contribution is 8.02. The Kier molecular flexibility index (Phi) is 5.16. The Hall–Kier alpha value is 0.600. The maximum atomic E-state index is 3.79. The van der Waals surface area contributed by atoms with Gasteiger partial charge in [0, 0.05) is 0 Å². The highest BCUT2D eigenvalue weighted by atomic mass is 32.0. The molecule has 2 heteroatoms. The van der Waals surface area contributed by atoms with Crippen LogP contribution in [0.2, 0.25) is 0 Å². The van der Waals surface area contributed by atoms with E-state index in [-0.39, 0.29) is 0 Å². The zero-order chi connectivity index (χ0) is 5.70. The molecule has 2 unspecified atom stereocenters. The SMILES string of the molecule is C=C(C)CCPP. The highest BCUT2D eigenvalue weighted by Crippen LogP contribution is 2.21. The molecule has 0 N–H and O–H groups in total. The minimum absolute atomic E-state index is 1.01. The van der Waals surface area contributed by atoms with Gasteiger partial charge in [-0.2, -0.15) is 0 Å². The fourth-order valence-corrected chi connectivity index (χ4v) is 1.29. The molecular formula is C5H12P2. The molecule has 0 heterocycles. The first kappa shape index (κ1) is 7.60. The maximum Gasteiger partial charge on any atom is -0.0282 e. The summed E-state index contributed by atoms with van der Waals surface area (Å²) in [5, 5.41) is 0. The fourth-order valence-electron chi connectivity index (χ4n) is 0.286. The second-order valence-electron chi connectivity index (χ2n) is 1.66. The molecule has 0 radical (unpaired) electrons. The average molecular weight is 134 g/mol. The molecule has 0 amide bonds. The van der Waals surface area contributed by atoms with Crippen LogP contribution in [0.1, 0.15) is 13.3 Å². The van der Waals surface area contributed by atoms with Crippen molar-refractivity contribution in [2.45, 2.75) is 13.3 Å². The van der Waals surface area contributed by atoms with Crippen molar-refractivity contribution < 1.29 is 0 Å². The quantitative estimate of drug-likeness (QED) is 0.410. The van der Waals surface area contributed by atoms with E-state index in [2.05, 4.69) is 22.4 Å². The molecule has 2 atom stereocenters. The van der Waals surface area contributed by atoms with Gasteiger partial charge in [-0.15, -0.1) is 23.8 Å². The Labute approximate surface area is 49.6 Å². The van der Waals surface area contributed by atoms with Crippen molar-refractivity contribution in [1.82, 2.24) is 0 Å². The van der Waals surface area contributed by atoms with Crippen molar-refractivity contribution in [1.29, 1.82) is 0 Å². The molecule has 0 bridgehead atoms. The number of hydrogen-bond donors (Lipinski definition) is 0. The molecule has 0 saturated heterocycles. The van der Waals surface area contributed by atoms with Gasteiger partial charge in [0.2, 0.25) is 0 Å². The fraction of sp³-hybridized carbons (Fsp3) is 0.600. The molecule has 0 spiro atoms. The maximum absolute atomic E-state index is 3.79. The van der Waals surface area contributed by atoms with E-state index in [0.717, 1.165) is 8.27 Å². The summed E-state index contributed by atoms with van der Waals surface area (Å²) in [6.45, 7) is 5.86. The van der Waals surface area contributed by atoms with Crippen LogP contribution in [0.15, 0.2) is 12.2 Å². The van der Waals surface area contributed by atoms with Crippen molar-refractivity contribution in [2.24, 2.45) is 0 Å². The summed E-state index contributed by atoms with van der Waals surface area (Å²) in [4.78, 5) is 0. The van der Waals surface area contributed by atoms with Gasteiger partial charge in [0.25, 0.3) is 0 Å². The van der Waals surface area contributed by atoms with Gasteiger partial charge in [-0.3, -0.25) is 0 Å². The van der Waals surface area contributed by atoms with Gasteiger partial charge in [0.1, 0.15) is 0 Å². The lowest BCUT2D eigenvalue weighted by molar-refractivity contribution is 1.13. The van der Waals surface area contributed by atoms with Gasteiger partial charge in [0.15, 0.2) is 0 Å². The monoisotopic (exact) mass is 134 g/mol. The second-order valence-corrected chi connectivity index (χ2v) is 3.79. The van der Waals surface area contributed by atoms with Crippen LogP contribution >= 0.6 is 17.2 Å². The van der Waals surface area contributed by atoms with Gasteiger partial charge in [0.05, 0.1) is 0 Å². The van der Waals surface area contributed by atoms with Gasteiger partial charge in [-0.25, -0.2) is 0 Å². The van der Waals surface area contributed by atoms with Crippen LogP contribution in [0.25, 0.3) is 0 Å². The predicted molar refractivity (Wildman–Crippen MR) is 42.3 cm³/mol. The van der Waals surface area contributed by atoms with Crippen LogP contribution in [-0.2, 0) is 0 Å². The first-order chi connectivity index (χ1) is 3.27. The molecule has 0 rings (SSSR count). The van der Waals surface area contributed by atoms with Crippen LogP contribution in [0.3, 0.4) is 0 Å². The second kappa shape index (κ2) is 4.75. The largest absolute Gasteiger partial charge is 0.114 e. The van der Waals surface area contributed by atoms with Crippen LogP contribution < -0.4 is 0 Å². The first-order valence-corrected chi connectivity index (χ1v) is 5.37. The summed E-state index contributed by atoms with van der Waals surface area (Å²) in [6, 6.07) is 0. The van der Waals surface area contributed by atoms with Crippen molar-refractivity contribution in [3.63, 3.8) is 0 Å². The van der Waals surface area contributed by atoms with Crippen LogP contribution in [0.4, 0.5) is 0 Å². The molecule has 7 heavy (non-hydrogen) atoms.